The highest BCUT2D eigenvalue weighted by Gasteiger charge is 2.39. The fraction of sp³-hybridized carbons (Fsp3) is 0.579. The molecule has 0 aliphatic carbocycles. The van der Waals surface area contributed by atoms with Crippen LogP contribution >= 0.6 is 0 Å². The zero-order valence-electron chi connectivity index (χ0n) is 30.5. The van der Waals surface area contributed by atoms with Crippen molar-refractivity contribution in [2.24, 2.45) is 5.92 Å². The largest absolute Gasteiger partial charge is 0.508 e. The Labute approximate surface area is 287 Å². The predicted molar refractivity (Wildman–Crippen MR) is 187 cm³/mol. The molecule has 2 aromatic rings. The number of nitrogens with one attached hydrogen (secondary N) is 2. The molecule has 10 nitrogen and oxygen atoms in total. The number of esters is 1. The molecule has 0 aromatic heterocycles. The van der Waals surface area contributed by atoms with Gasteiger partial charge in [-0.25, -0.2) is 9.59 Å². The molecule has 0 heterocycles. The summed E-state index contributed by atoms with van der Waals surface area (Å²) in [4.78, 5) is 57.2. The van der Waals surface area contributed by atoms with Gasteiger partial charge in [0.25, 0.3) is 0 Å². The summed E-state index contributed by atoms with van der Waals surface area (Å²) in [6.07, 6.45) is 2.28. The molecule has 0 saturated carbocycles. The Bertz CT molecular complexity index is 1360. The number of amides is 3. The van der Waals surface area contributed by atoms with Crippen molar-refractivity contribution in [1.82, 2.24) is 15.5 Å². The summed E-state index contributed by atoms with van der Waals surface area (Å²) < 4.78 is 11.2. The summed E-state index contributed by atoms with van der Waals surface area (Å²) in [6.45, 7) is 18.3. The number of ether oxygens (including phenoxy) is 2. The van der Waals surface area contributed by atoms with E-state index in [-0.39, 0.29) is 24.6 Å². The van der Waals surface area contributed by atoms with Crippen molar-refractivity contribution in [1.29, 1.82) is 0 Å². The molecule has 0 fully saturated rings. The third kappa shape index (κ3) is 12.8. The number of aryl methyl sites for hydroxylation is 1. The SMILES string of the molecule is CCCCCN(C(=O)C(NC(=O)OC(C)(C)C)C(C)CC)C(C(=O)NC(Cc1ccccc1)C(=O)OC(C)(C)C)c1ccc(O)c(C)c1. The van der Waals surface area contributed by atoms with E-state index in [0.29, 0.717) is 24.0 Å². The van der Waals surface area contributed by atoms with Gasteiger partial charge in [0.1, 0.15) is 35.1 Å². The van der Waals surface area contributed by atoms with Crippen LogP contribution in [-0.2, 0) is 30.3 Å². The van der Waals surface area contributed by atoms with E-state index in [1.54, 1.807) is 60.6 Å². The van der Waals surface area contributed by atoms with E-state index < -0.39 is 53.2 Å². The minimum Gasteiger partial charge on any atom is -0.508 e. The first-order chi connectivity index (χ1) is 22.4. The average Bonchev–Trinajstić information content (AvgIpc) is 2.98. The summed E-state index contributed by atoms with van der Waals surface area (Å²) in [5.74, 6) is -1.89. The molecular formula is C38H57N3O7. The molecule has 4 unspecified atom stereocenters. The fourth-order valence-corrected chi connectivity index (χ4v) is 5.18. The van der Waals surface area contributed by atoms with E-state index in [4.69, 9.17) is 9.47 Å². The lowest BCUT2D eigenvalue weighted by atomic mass is 9.94. The highest BCUT2D eigenvalue weighted by Crippen LogP contribution is 2.29. The number of alkyl carbamates (subject to hydrolysis) is 1. The van der Waals surface area contributed by atoms with Crippen LogP contribution in [0, 0.1) is 12.8 Å². The van der Waals surface area contributed by atoms with Gasteiger partial charge in [0.05, 0.1) is 0 Å². The third-order valence-corrected chi connectivity index (χ3v) is 7.82. The number of nitrogens with zero attached hydrogens (tertiary/aromatic N) is 1. The van der Waals surface area contributed by atoms with E-state index in [2.05, 4.69) is 10.6 Å². The molecule has 0 aliphatic rings. The Hall–Kier alpha value is -4.08. The van der Waals surface area contributed by atoms with E-state index in [9.17, 15) is 24.3 Å². The van der Waals surface area contributed by atoms with E-state index in [1.165, 1.54) is 11.0 Å². The molecule has 4 atom stereocenters. The minimum atomic E-state index is -1.19. The minimum absolute atomic E-state index is 0.0431. The van der Waals surface area contributed by atoms with Crippen molar-refractivity contribution in [3.05, 3.63) is 65.2 Å². The number of rotatable bonds is 15. The van der Waals surface area contributed by atoms with Gasteiger partial charge in [0.2, 0.25) is 11.8 Å². The highest BCUT2D eigenvalue weighted by molar-refractivity contribution is 5.94. The van der Waals surface area contributed by atoms with Crippen LogP contribution in [-0.4, -0.2) is 63.7 Å². The van der Waals surface area contributed by atoms with Crippen molar-refractivity contribution in [3.8, 4) is 5.75 Å². The quantitative estimate of drug-likeness (QED) is 0.141. The lowest BCUT2D eigenvalue weighted by Crippen LogP contribution is -2.56. The van der Waals surface area contributed by atoms with Gasteiger partial charge < -0.3 is 30.1 Å². The number of carbonyl (C=O) groups excluding carboxylic acids is 4. The topological polar surface area (TPSA) is 134 Å². The fourth-order valence-electron chi connectivity index (χ4n) is 5.18. The number of hydrogen-bond acceptors (Lipinski definition) is 7. The van der Waals surface area contributed by atoms with Crippen LogP contribution in [0.4, 0.5) is 4.79 Å². The number of phenolic OH excluding ortho intramolecular Hbond substituents is 1. The number of hydrogen-bond donors (Lipinski definition) is 3. The maximum Gasteiger partial charge on any atom is 0.408 e. The van der Waals surface area contributed by atoms with E-state index >= 15 is 0 Å². The van der Waals surface area contributed by atoms with E-state index in [0.717, 1.165) is 18.4 Å². The molecule has 10 heteroatoms. The van der Waals surface area contributed by atoms with Crippen molar-refractivity contribution in [2.75, 3.05) is 6.54 Å². The standard InChI is InChI=1S/C38H57N3O7/c1-11-13-17-22-41(34(44)31(25(3)12-2)40-36(46)48-38(8,9)10)32(28-20-21-30(42)26(4)23-28)33(43)39-29(35(45)47-37(5,6)7)24-27-18-15-14-16-19-27/h14-16,18-21,23,25,29,31-32,42H,11-13,17,22,24H2,1-10H3,(H,39,43)(H,40,46). The summed E-state index contributed by atoms with van der Waals surface area (Å²) in [5, 5.41) is 16.1. The molecule has 0 bridgehead atoms. The average molecular weight is 668 g/mol. The van der Waals surface area contributed by atoms with Gasteiger partial charge in [0.15, 0.2) is 0 Å². The molecule has 3 amide bonds. The lowest BCUT2D eigenvalue weighted by molar-refractivity contribution is -0.159. The highest BCUT2D eigenvalue weighted by atomic mass is 16.6. The van der Waals surface area contributed by atoms with Crippen LogP contribution in [0.3, 0.4) is 0 Å². The lowest BCUT2D eigenvalue weighted by Gasteiger charge is -2.37. The zero-order valence-corrected chi connectivity index (χ0v) is 30.5. The first-order valence-electron chi connectivity index (χ1n) is 17.0. The van der Waals surface area contributed by atoms with E-state index in [1.807, 2.05) is 51.1 Å². The molecule has 0 aliphatic heterocycles. The monoisotopic (exact) mass is 667 g/mol. The van der Waals surface area contributed by atoms with Crippen LogP contribution < -0.4 is 10.6 Å². The summed E-state index contributed by atoms with van der Waals surface area (Å²) in [7, 11) is 0. The van der Waals surface area contributed by atoms with Gasteiger partial charge in [-0.15, -0.1) is 0 Å². The van der Waals surface area contributed by atoms with Crippen LogP contribution in [0.1, 0.15) is 111 Å². The second-order valence-corrected chi connectivity index (χ2v) is 14.5. The molecule has 0 saturated heterocycles. The number of carbonyl (C=O) groups is 4. The molecule has 48 heavy (non-hydrogen) atoms. The Balaban J connectivity index is 2.68. The third-order valence-electron chi connectivity index (χ3n) is 7.82. The molecule has 2 rings (SSSR count). The van der Waals surface area contributed by atoms with Gasteiger partial charge in [0, 0.05) is 13.0 Å². The van der Waals surface area contributed by atoms with Crippen molar-refractivity contribution in [2.45, 2.75) is 131 Å². The molecule has 2 aromatic carbocycles. The second kappa shape index (κ2) is 17.9. The first-order valence-corrected chi connectivity index (χ1v) is 17.0. The molecule has 0 radical (unpaired) electrons. The van der Waals surface area contributed by atoms with Crippen LogP contribution in [0.2, 0.25) is 0 Å². The summed E-state index contributed by atoms with van der Waals surface area (Å²) >= 11 is 0. The maximum atomic E-state index is 14.6. The Morgan fingerprint density at radius 3 is 2.04 bits per heavy atom. The van der Waals surface area contributed by atoms with Gasteiger partial charge in [-0.1, -0.05) is 76.4 Å². The van der Waals surface area contributed by atoms with Gasteiger partial charge in [-0.05, 0) is 89.6 Å². The Morgan fingerprint density at radius 1 is 0.875 bits per heavy atom. The maximum absolute atomic E-state index is 14.6. The number of benzene rings is 2. The molecule has 3 N–H and O–H groups in total. The summed E-state index contributed by atoms with van der Waals surface area (Å²) in [6, 6.07) is 10.8. The summed E-state index contributed by atoms with van der Waals surface area (Å²) in [5.41, 5.74) is 0.207. The van der Waals surface area contributed by atoms with Crippen LogP contribution in [0.15, 0.2) is 48.5 Å². The number of aromatic hydroxyl groups is 1. The Morgan fingerprint density at radius 2 is 1.50 bits per heavy atom. The zero-order chi connectivity index (χ0) is 36.2. The smallest absolute Gasteiger partial charge is 0.408 e. The Kier molecular flexibility index (Phi) is 14.9. The molecule has 0 spiro atoms. The second-order valence-electron chi connectivity index (χ2n) is 14.5. The van der Waals surface area contributed by atoms with Gasteiger partial charge in [-0.2, -0.15) is 0 Å². The van der Waals surface area contributed by atoms with Crippen LogP contribution in [0.25, 0.3) is 0 Å². The molecular weight excluding hydrogens is 610 g/mol. The molecule has 266 valence electrons. The number of phenols is 1. The normalized spacial score (nSPS) is 14.2. The predicted octanol–water partition coefficient (Wildman–Crippen LogP) is 6.77. The first kappa shape index (κ1) is 40.1. The van der Waals surface area contributed by atoms with Crippen molar-refractivity contribution >= 4 is 23.9 Å². The van der Waals surface area contributed by atoms with Crippen molar-refractivity contribution < 1.29 is 33.8 Å². The number of unbranched alkanes of at least 4 members (excludes halogenated alkanes) is 2. The van der Waals surface area contributed by atoms with Crippen LogP contribution in [0.5, 0.6) is 5.75 Å². The van der Waals surface area contributed by atoms with Gasteiger partial charge in [-0.3, -0.25) is 9.59 Å². The van der Waals surface area contributed by atoms with Crippen molar-refractivity contribution in [3.63, 3.8) is 0 Å². The van der Waals surface area contributed by atoms with Gasteiger partial charge >= 0.3 is 12.1 Å².